The van der Waals surface area contributed by atoms with Gasteiger partial charge in [0.2, 0.25) is 0 Å². The number of aromatic nitrogens is 2. The molecule has 1 aromatic heterocycles. The number of hydrogen-bond donors (Lipinski definition) is 2. The second kappa shape index (κ2) is 11.5. The standard InChI is InChI=1S/C21H32N6O/c1-2-22-21(25-10-12-26-14-16-28-17-15-26)24-9-8-20-23-11-13-27(20)18-19-6-4-3-5-7-19/h3-7,11,13H,2,8-10,12,14-18H2,1H3,(H2,22,24,25). The van der Waals surface area contributed by atoms with Gasteiger partial charge >= 0.3 is 0 Å². The van der Waals surface area contributed by atoms with Crippen molar-refractivity contribution in [2.45, 2.75) is 19.9 Å². The number of imidazole rings is 1. The van der Waals surface area contributed by atoms with Crippen LogP contribution in [0.4, 0.5) is 0 Å². The van der Waals surface area contributed by atoms with Crippen molar-refractivity contribution in [3.05, 3.63) is 54.1 Å². The molecule has 7 nitrogen and oxygen atoms in total. The lowest BCUT2D eigenvalue weighted by Gasteiger charge is -2.25. The second-order valence-electron chi connectivity index (χ2n) is 6.85. The Kier molecular flexibility index (Phi) is 8.33. The molecule has 2 heterocycles. The number of hydrogen-bond acceptors (Lipinski definition) is 4. The van der Waals surface area contributed by atoms with Gasteiger partial charge in [-0.25, -0.2) is 4.98 Å². The predicted octanol–water partition coefficient (Wildman–Crippen LogP) is 1.36. The van der Waals surface area contributed by atoms with Crippen LogP contribution in [0, 0.1) is 0 Å². The minimum atomic E-state index is 0.790. The van der Waals surface area contributed by atoms with Crippen LogP contribution < -0.4 is 10.6 Å². The Morgan fingerprint density at radius 3 is 2.79 bits per heavy atom. The van der Waals surface area contributed by atoms with E-state index in [1.807, 2.05) is 18.5 Å². The molecule has 28 heavy (non-hydrogen) atoms. The molecule has 1 aromatic carbocycles. The van der Waals surface area contributed by atoms with Gasteiger partial charge in [0.15, 0.2) is 5.96 Å². The van der Waals surface area contributed by atoms with Crippen molar-refractivity contribution in [2.24, 2.45) is 4.99 Å². The summed E-state index contributed by atoms with van der Waals surface area (Å²) in [5.74, 6) is 1.96. The quantitative estimate of drug-likeness (QED) is 0.505. The van der Waals surface area contributed by atoms with Crippen LogP contribution in [0.3, 0.4) is 0 Å². The first-order chi connectivity index (χ1) is 13.8. The lowest BCUT2D eigenvalue weighted by atomic mass is 10.2. The van der Waals surface area contributed by atoms with Crippen LogP contribution in [0.15, 0.2) is 47.7 Å². The van der Waals surface area contributed by atoms with Gasteiger partial charge in [-0.1, -0.05) is 30.3 Å². The molecular weight excluding hydrogens is 352 g/mol. The number of nitrogens with zero attached hydrogens (tertiary/aromatic N) is 4. The number of guanidine groups is 1. The zero-order valence-electron chi connectivity index (χ0n) is 16.8. The number of aliphatic imine (C=N–C) groups is 1. The van der Waals surface area contributed by atoms with Crippen molar-refractivity contribution in [1.29, 1.82) is 0 Å². The molecule has 2 aromatic rings. The third-order valence-electron chi connectivity index (χ3n) is 4.77. The number of nitrogens with one attached hydrogen (secondary N) is 2. The van der Waals surface area contributed by atoms with E-state index in [9.17, 15) is 0 Å². The van der Waals surface area contributed by atoms with Gasteiger partial charge in [0, 0.05) is 58.1 Å². The summed E-state index contributed by atoms with van der Waals surface area (Å²) in [4.78, 5) is 11.6. The molecule has 0 aliphatic carbocycles. The van der Waals surface area contributed by atoms with E-state index in [-0.39, 0.29) is 0 Å². The van der Waals surface area contributed by atoms with Crippen molar-refractivity contribution in [2.75, 3.05) is 52.5 Å². The molecule has 0 unspecified atom stereocenters. The van der Waals surface area contributed by atoms with Crippen LogP contribution >= 0.6 is 0 Å². The molecule has 3 rings (SSSR count). The van der Waals surface area contributed by atoms with Crippen molar-refractivity contribution in [1.82, 2.24) is 25.1 Å². The Morgan fingerprint density at radius 2 is 2.00 bits per heavy atom. The smallest absolute Gasteiger partial charge is 0.191 e. The molecule has 2 N–H and O–H groups in total. The molecule has 0 amide bonds. The predicted molar refractivity (Wildman–Crippen MR) is 113 cm³/mol. The monoisotopic (exact) mass is 384 g/mol. The zero-order chi connectivity index (χ0) is 19.4. The molecule has 0 bridgehead atoms. The summed E-state index contributed by atoms with van der Waals surface area (Å²) in [6, 6.07) is 10.5. The van der Waals surface area contributed by atoms with Crippen LogP contribution in [0.1, 0.15) is 18.3 Å². The van der Waals surface area contributed by atoms with Crippen LogP contribution in [0.25, 0.3) is 0 Å². The normalized spacial score (nSPS) is 15.5. The fourth-order valence-corrected chi connectivity index (χ4v) is 3.25. The average Bonchev–Trinajstić information content (AvgIpc) is 3.16. The maximum absolute atomic E-state index is 5.39. The second-order valence-corrected chi connectivity index (χ2v) is 6.85. The zero-order valence-corrected chi connectivity index (χ0v) is 16.8. The average molecular weight is 385 g/mol. The van der Waals surface area contributed by atoms with E-state index < -0.39 is 0 Å². The van der Waals surface area contributed by atoms with Gasteiger partial charge in [0.05, 0.1) is 19.8 Å². The van der Waals surface area contributed by atoms with E-state index in [2.05, 4.69) is 56.3 Å². The van der Waals surface area contributed by atoms with Crippen molar-refractivity contribution < 1.29 is 4.74 Å². The summed E-state index contributed by atoms with van der Waals surface area (Å²) in [5.41, 5.74) is 1.28. The summed E-state index contributed by atoms with van der Waals surface area (Å²) in [7, 11) is 0. The van der Waals surface area contributed by atoms with Gasteiger partial charge < -0.3 is 19.9 Å². The van der Waals surface area contributed by atoms with Crippen molar-refractivity contribution in [3.8, 4) is 0 Å². The van der Waals surface area contributed by atoms with Gasteiger partial charge in [-0.15, -0.1) is 0 Å². The number of benzene rings is 1. The molecule has 1 aliphatic rings. The molecule has 7 heteroatoms. The Hall–Kier alpha value is -2.38. The summed E-state index contributed by atoms with van der Waals surface area (Å²) in [6.45, 7) is 10.0. The number of ether oxygens (including phenoxy) is 1. The largest absolute Gasteiger partial charge is 0.379 e. The van der Waals surface area contributed by atoms with Crippen LogP contribution in [0.2, 0.25) is 0 Å². The van der Waals surface area contributed by atoms with E-state index >= 15 is 0 Å². The van der Waals surface area contributed by atoms with E-state index in [4.69, 9.17) is 9.73 Å². The van der Waals surface area contributed by atoms with Gasteiger partial charge in [0.25, 0.3) is 0 Å². The maximum Gasteiger partial charge on any atom is 0.191 e. The fourth-order valence-electron chi connectivity index (χ4n) is 3.25. The van der Waals surface area contributed by atoms with Crippen LogP contribution in [0.5, 0.6) is 0 Å². The first-order valence-electron chi connectivity index (χ1n) is 10.2. The lowest BCUT2D eigenvalue weighted by molar-refractivity contribution is 0.0394. The van der Waals surface area contributed by atoms with E-state index in [0.717, 1.165) is 77.2 Å². The maximum atomic E-state index is 5.39. The van der Waals surface area contributed by atoms with E-state index in [1.54, 1.807) is 0 Å². The molecule has 1 saturated heterocycles. The molecule has 0 spiro atoms. The first-order valence-corrected chi connectivity index (χ1v) is 10.2. The minimum Gasteiger partial charge on any atom is -0.379 e. The van der Waals surface area contributed by atoms with E-state index in [0.29, 0.717) is 0 Å². The molecule has 0 saturated carbocycles. The van der Waals surface area contributed by atoms with Crippen LogP contribution in [-0.4, -0.2) is 72.9 Å². The van der Waals surface area contributed by atoms with Crippen molar-refractivity contribution in [3.63, 3.8) is 0 Å². The Balaban J connectivity index is 1.45. The number of rotatable bonds is 9. The topological polar surface area (TPSA) is 66.7 Å². The highest BCUT2D eigenvalue weighted by Crippen LogP contribution is 2.05. The summed E-state index contributed by atoms with van der Waals surface area (Å²) in [6.07, 6.45) is 4.78. The molecule has 0 radical (unpaired) electrons. The third kappa shape index (κ3) is 6.65. The molecule has 1 aliphatic heterocycles. The van der Waals surface area contributed by atoms with Gasteiger partial charge in [-0.2, -0.15) is 0 Å². The highest BCUT2D eigenvalue weighted by molar-refractivity contribution is 5.79. The highest BCUT2D eigenvalue weighted by Gasteiger charge is 2.09. The van der Waals surface area contributed by atoms with Gasteiger partial charge in [-0.05, 0) is 12.5 Å². The Morgan fingerprint density at radius 1 is 1.18 bits per heavy atom. The number of morpholine rings is 1. The molecular formula is C21H32N6O. The summed E-state index contributed by atoms with van der Waals surface area (Å²) >= 11 is 0. The van der Waals surface area contributed by atoms with Gasteiger partial charge in [0.1, 0.15) is 5.82 Å². The third-order valence-corrected chi connectivity index (χ3v) is 4.77. The fraction of sp³-hybridized carbons (Fsp3) is 0.524. The minimum absolute atomic E-state index is 0.790. The SMILES string of the molecule is CCNC(=NCCN1CCOCC1)NCCc1nccn1Cc1ccccc1. The summed E-state index contributed by atoms with van der Waals surface area (Å²) < 4.78 is 7.60. The Bertz CT molecular complexity index is 709. The van der Waals surface area contributed by atoms with E-state index in [1.165, 1.54) is 5.56 Å². The molecule has 0 atom stereocenters. The van der Waals surface area contributed by atoms with Gasteiger partial charge in [-0.3, -0.25) is 9.89 Å². The first kappa shape index (κ1) is 20.4. The highest BCUT2D eigenvalue weighted by atomic mass is 16.5. The lowest BCUT2D eigenvalue weighted by Crippen LogP contribution is -2.40. The molecule has 1 fully saturated rings. The molecule has 152 valence electrons. The van der Waals surface area contributed by atoms with Crippen molar-refractivity contribution >= 4 is 5.96 Å². The van der Waals surface area contributed by atoms with Crippen LogP contribution in [-0.2, 0) is 17.7 Å². The summed E-state index contributed by atoms with van der Waals surface area (Å²) in [5, 5.41) is 6.75. The Labute approximate surface area is 167 Å².